The van der Waals surface area contributed by atoms with Gasteiger partial charge in [-0.1, -0.05) is 33.5 Å². The molecule has 5 heterocycles. The van der Waals surface area contributed by atoms with Gasteiger partial charge in [0.25, 0.3) is 17.5 Å². The Kier molecular flexibility index (Phi) is 12.7. The Morgan fingerprint density at radius 2 is 1.56 bits per heavy atom. The zero-order chi connectivity index (χ0) is 46.1. The van der Waals surface area contributed by atoms with Crippen molar-refractivity contribution in [2.24, 2.45) is 11.7 Å². The molecule has 0 bridgehead atoms. The van der Waals surface area contributed by atoms with E-state index in [0.717, 1.165) is 87.0 Å². The number of aryl methyl sites for hydroxylation is 2. The summed E-state index contributed by atoms with van der Waals surface area (Å²) in [4.78, 5) is 58.9. The fraction of sp³-hybridized carbons (Fsp3) is 0.354. The Balaban J connectivity index is 0.809. The molecule has 5 aromatic rings. The molecule has 1 unspecified atom stereocenters. The first-order valence-electron chi connectivity index (χ1n) is 22.3. The lowest BCUT2D eigenvalue weighted by Gasteiger charge is -2.40. The van der Waals surface area contributed by atoms with Crippen LogP contribution < -0.4 is 41.1 Å². The number of primary amides is 1. The third-order valence-corrected chi connectivity index (χ3v) is 13.4. The number of amides is 5. The average molecular weight is 919 g/mol. The van der Waals surface area contributed by atoms with E-state index in [2.05, 4.69) is 54.9 Å². The minimum Gasteiger partial charge on any atom is -0.496 e. The van der Waals surface area contributed by atoms with Crippen molar-refractivity contribution in [3.05, 3.63) is 113 Å². The molecule has 0 saturated carbocycles. The number of anilines is 5. The van der Waals surface area contributed by atoms with Gasteiger partial charge in [0.1, 0.15) is 22.8 Å². The van der Waals surface area contributed by atoms with E-state index in [1.165, 1.54) is 19.2 Å². The van der Waals surface area contributed by atoms with E-state index in [1.807, 2.05) is 18.2 Å². The molecule has 66 heavy (non-hydrogen) atoms. The largest absolute Gasteiger partial charge is 0.496 e. The summed E-state index contributed by atoms with van der Waals surface area (Å²) in [5.74, 6) is -0.0717. The first kappa shape index (κ1) is 44.6. The Bertz CT molecular complexity index is 2660. The molecular weight excluding hydrogens is 866 g/mol. The average Bonchev–Trinajstić information content (AvgIpc) is 3.59. The highest BCUT2D eigenvalue weighted by Crippen LogP contribution is 2.41. The van der Waals surface area contributed by atoms with Gasteiger partial charge in [0.2, 0.25) is 5.91 Å². The summed E-state index contributed by atoms with van der Waals surface area (Å²) in [6, 6.07) is 25.0. The summed E-state index contributed by atoms with van der Waals surface area (Å²) in [5.41, 5.74) is 8.28. The van der Waals surface area contributed by atoms with Crippen molar-refractivity contribution in [3.63, 3.8) is 0 Å². The zero-order valence-electron chi connectivity index (χ0n) is 36.7. The number of nitrogens with one attached hydrogen (secondary N) is 3. The monoisotopic (exact) mass is 918 g/mol. The number of benzene rings is 4. The molecule has 344 valence electrons. The van der Waals surface area contributed by atoms with Gasteiger partial charge in [0, 0.05) is 106 Å². The highest BCUT2D eigenvalue weighted by Gasteiger charge is 2.32. The van der Waals surface area contributed by atoms with Crippen molar-refractivity contribution in [2.75, 3.05) is 79.5 Å². The van der Waals surface area contributed by atoms with E-state index >= 15 is 8.78 Å². The molecule has 0 aliphatic carbocycles. The van der Waals surface area contributed by atoms with E-state index in [-0.39, 0.29) is 52.0 Å². The maximum Gasteiger partial charge on any atom is 0.328 e. The smallest absolute Gasteiger partial charge is 0.328 e. The predicted molar refractivity (Wildman–Crippen MR) is 253 cm³/mol. The Morgan fingerprint density at radius 1 is 0.848 bits per heavy atom. The first-order chi connectivity index (χ1) is 31.8. The number of halogens is 2. The molecular formula is C48H53F2N10O5P. The van der Waals surface area contributed by atoms with E-state index in [0.29, 0.717) is 43.4 Å². The van der Waals surface area contributed by atoms with Crippen LogP contribution >= 0.6 is 9.24 Å². The van der Waals surface area contributed by atoms with Crippen molar-refractivity contribution in [1.82, 2.24) is 25.3 Å². The second-order valence-corrected chi connectivity index (χ2v) is 18.0. The van der Waals surface area contributed by atoms with E-state index in [4.69, 9.17) is 15.6 Å². The lowest BCUT2D eigenvalue weighted by atomic mass is 9.95. The second-order valence-electron chi connectivity index (χ2n) is 17.2. The summed E-state index contributed by atoms with van der Waals surface area (Å²) in [7, 11) is 3.01. The normalized spacial score (nSPS) is 17.1. The van der Waals surface area contributed by atoms with Crippen LogP contribution in [0.3, 0.4) is 0 Å². The fourth-order valence-electron chi connectivity index (χ4n) is 9.52. The molecule has 9 rings (SSSR count). The number of carbonyl (C=O) groups excluding carboxylic acids is 4. The Morgan fingerprint density at radius 3 is 2.27 bits per heavy atom. The number of nitrogens with zero attached hydrogens (tertiary/aromatic N) is 6. The van der Waals surface area contributed by atoms with Gasteiger partial charge < -0.3 is 30.9 Å². The van der Waals surface area contributed by atoms with Gasteiger partial charge in [0.15, 0.2) is 0 Å². The molecule has 5 N–H and O–H groups in total. The van der Waals surface area contributed by atoms with E-state index < -0.39 is 17.5 Å². The number of piperazine rings is 1. The number of imide groups is 1. The summed E-state index contributed by atoms with van der Waals surface area (Å²) in [6.45, 7) is 7.41. The third-order valence-electron chi connectivity index (χ3n) is 13.1. The maximum atomic E-state index is 15.2. The Labute approximate surface area is 383 Å². The van der Waals surface area contributed by atoms with Crippen LogP contribution in [0.15, 0.2) is 84.9 Å². The number of hydrogen-bond acceptors (Lipinski definition) is 10. The van der Waals surface area contributed by atoms with Crippen LogP contribution in [-0.4, -0.2) is 97.9 Å². The van der Waals surface area contributed by atoms with Gasteiger partial charge in [-0.25, -0.2) is 9.48 Å². The minimum absolute atomic E-state index is 0.100. The van der Waals surface area contributed by atoms with Crippen LogP contribution in [-0.2, 0) is 30.0 Å². The number of alkyl halides is 2. The maximum absolute atomic E-state index is 15.2. The lowest BCUT2D eigenvalue weighted by molar-refractivity contribution is -0.120. The molecule has 15 nitrogen and oxygen atoms in total. The third kappa shape index (κ3) is 9.40. The number of hydrogen-bond donors (Lipinski definition) is 4. The lowest BCUT2D eigenvalue weighted by Crippen LogP contribution is -2.49. The van der Waals surface area contributed by atoms with Gasteiger partial charge in [-0.3, -0.25) is 29.5 Å². The summed E-state index contributed by atoms with van der Waals surface area (Å²) < 4.78 is 37.3. The summed E-state index contributed by atoms with van der Waals surface area (Å²) in [6.07, 6.45) is 3.14. The number of piperidine rings is 1. The molecule has 4 aliphatic rings. The van der Waals surface area contributed by atoms with Crippen molar-refractivity contribution < 1.29 is 32.7 Å². The van der Waals surface area contributed by atoms with Gasteiger partial charge in [-0.2, -0.15) is 13.9 Å². The minimum atomic E-state index is -3.36. The van der Waals surface area contributed by atoms with Gasteiger partial charge in [0.05, 0.1) is 12.7 Å². The SMILES string of the molecule is COc1ccccc1C(=O)NCc1ccc(-c2nn3c(c2C(N)=O)Nc2ccc(N4CCN(CC5CCN(c6ccc(N7CCC(=O)NC7=O)cc6)CC5)CC4)cc2CC3)cc1C(F)(F)P. The number of urea groups is 1. The Hall–Kier alpha value is -6.58. The molecule has 4 aromatic carbocycles. The standard InChI is InChI=1S/C48H53F2N10O5P/c1-65-40-5-3-2-4-37(40)46(63)52-28-33-7-6-32(27-38(33)48(49,50)66)43-42(44(51)62)45-53-39-13-12-36(26-31(39)16-21-60(45)55-43)58-24-22-56(23-25-58)29-30-14-18-57(19-15-30)34-8-10-35(11-9-34)59-20-17-41(61)54-47(59)64/h2-13,26-27,30,53H,14-25,28-29,66H2,1H3,(H2,51,62)(H,52,63)(H,54,61,64). The number of fused-ring (bicyclic) bond motifs is 2. The number of nitrogens with two attached hydrogens (primary N) is 1. The number of ether oxygens (including phenoxy) is 1. The molecule has 4 aliphatic heterocycles. The number of para-hydroxylation sites is 1. The highest BCUT2D eigenvalue weighted by atomic mass is 31.0. The van der Waals surface area contributed by atoms with Crippen LogP contribution in [0.4, 0.5) is 42.1 Å². The molecule has 3 saturated heterocycles. The van der Waals surface area contributed by atoms with Gasteiger partial charge in [-0.15, -0.1) is 0 Å². The van der Waals surface area contributed by atoms with Crippen LogP contribution in [0.5, 0.6) is 5.75 Å². The summed E-state index contributed by atoms with van der Waals surface area (Å²) >= 11 is 0. The highest BCUT2D eigenvalue weighted by molar-refractivity contribution is 7.17. The topological polar surface area (TPSA) is 170 Å². The van der Waals surface area contributed by atoms with Crippen molar-refractivity contribution in [2.45, 2.75) is 44.4 Å². The van der Waals surface area contributed by atoms with E-state index in [1.54, 1.807) is 49.2 Å². The predicted octanol–water partition coefficient (Wildman–Crippen LogP) is 6.30. The number of aromatic nitrogens is 2. The number of rotatable bonds is 12. The molecule has 0 spiro atoms. The van der Waals surface area contributed by atoms with Crippen LogP contribution in [0.2, 0.25) is 0 Å². The van der Waals surface area contributed by atoms with E-state index in [9.17, 15) is 19.2 Å². The molecule has 18 heteroatoms. The molecule has 3 fully saturated rings. The number of carbonyl (C=O) groups is 4. The quantitative estimate of drug-likeness (QED) is 0.104. The van der Waals surface area contributed by atoms with Crippen molar-refractivity contribution in [1.29, 1.82) is 0 Å². The molecule has 5 amide bonds. The fourth-order valence-corrected chi connectivity index (χ4v) is 9.79. The second kappa shape index (κ2) is 18.7. The van der Waals surface area contributed by atoms with Crippen molar-refractivity contribution >= 4 is 61.6 Å². The molecule has 0 radical (unpaired) electrons. The molecule has 1 atom stereocenters. The molecule has 1 aromatic heterocycles. The van der Waals surface area contributed by atoms with Crippen molar-refractivity contribution in [3.8, 4) is 17.0 Å². The van der Waals surface area contributed by atoms with Crippen LogP contribution in [0.1, 0.15) is 56.7 Å². The first-order valence-corrected chi connectivity index (χ1v) is 22.9. The van der Waals surface area contributed by atoms with Crippen LogP contribution in [0, 0.1) is 5.92 Å². The summed E-state index contributed by atoms with van der Waals surface area (Å²) in [5, 5.41) is 13.3. The van der Waals surface area contributed by atoms with Gasteiger partial charge >= 0.3 is 6.03 Å². The van der Waals surface area contributed by atoms with Gasteiger partial charge in [-0.05, 0) is 97.0 Å². The zero-order valence-corrected chi connectivity index (χ0v) is 37.8. The number of methoxy groups -OCH3 is 1. The van der Waals surface area contributed by atoms with Crippen LogP contribution in [0.25, 0.3) is 11.3 Å².